The van der Waals surface area contributed by atoms with E-state index in [1.807, 2.05) is 13.8 Å². The number of esters is 1. The van der Waals surface area contributed by atoms with Gasteiger partial charge in [-0.1, -0.05) is 54.0 Å². The zero-order valence-corrected chi connectivity index (χ0v) is 51.1. The Morgan fingerprint density at radius 1 is 0.466 bits per heavy atom. The Kier molecular flexibility index (Phi) is 19.7. The van der Waals surface area contributed by atoms with Crippen LogP contribution < -0.4 is 0 Å². The number of ether oxygens (including phenoxy) is 10. The van der Waals surface area contributed by atoms with Crippen LogP contribution >= 0.6 is 0 Å². The standard InChI is InChI=1S/C60H96O28/c1-23-33(65)38(70)42(74)49(79-23)87-47-45(85-52-46(41(73)36(68)27(21-63)82-52)86-50-43(75)39(71)34(66)25(19-61)80-50)37(69)28(22-64)83-53(47)84-31-12-13-57(6)29(56(31,4)5)11-14-59(8)30(57)10-9-24-32-48(77)55(2,3)15-17-60(32,18-16-58(24,59)7)54(78)88-51-44(76)40(72)35(67)26(20-62)81-51/h23,25-31,33-47,49-53,61-76H,9-22H2,1-8H3. The van der Waals surface area contributed by atoms with Gasteiger partial charge in [0.15, 0.2) is 30.9 Å². The minimum absolute atomic E-state index is 0.0567. The molecule has 5 aliphatic heterocycles. The van der Waals surface area contributed by atoms with Gasteiger partial charge in [0.25, 0.3) is 0 Å². The summed E-state index contributed by atoms with van der Waals surface area (Å²) in [5.41, 5.74) is -3.03. The summed E-state index contributed by atoms with van der Waals surface area (Å²) >= 11 is 0. The number of aliphatic hydroxyl groups excluding tert-OH is 16. The molecule has 504 valence electrons. The predicted molar refractivity (Wildman–Crippen MR) is 294 cm³/mol. The molecule has 28 heteroatoms. The highest BCUT2D eigenvalue weighted by molar-refractivity contribution is 6.07. The molecule has 0 bridgehead atoms. The predicted octanol–water partition coefficient (Wildman–Crippen LogP) is -3.86. The van der Waals surface area contributed by atoms with Crippen molar-refractivity contribution in [1.82, 2.24) is 0 Å². The molecule has 28 nitrogen and oxygen atoms in total. The fourth-order valence-electron chi connectivity index (χ4n) is 17.7. The molecule has 0 radical (unpaired) electrons. The van der Waals surface area contributed by atoms with Crippen molar-refractivity contribution < 1.29 is 139 Å². The van der Waals surface area contributed by atoms with Crippen LogP contribution in [0.2, 0.25) is 0 Å². The molecule has 4 saturated carbocycles. The van der Waals surface area contributed by atoms with E-state index in [1.54, 1.807) is 0 Å². The summed E-state index contributed by atoms with van der Waals surface area (Å²) in [7, 11) is 0. The molecular formula is C60H96O28. The Hall–Kier alpha value is -2.12. The second-order valence-corrected chi connectivity index (χ2v) is 28.8. The minimum atomic E-state index is -2.04. The van der Waals surface area contributed by atoms with Crippen molar-refractivity contribution in [3.05, 3.63) is 11.1 Å². The van der Waals surface area contributed by atoms with Crippen molar-refractivity contribution >= 4 is 11.8 Å². The number of ketones is 1. The quantitative estimate of drug-likeness (QED) is 0.0585. The molecule has 0 amide bonds. The first-order valence-corrected chi connectivity index (χ1v) is 31.2. The van der Waals surface area contributed by atoms with Gasteiger partial charge < -0.3 is 129 Å². The molecule has 32 unspecified atom stereocenters. The highest BCUT2D eigenvalue weighted by atomic mass is 16.8. The van der Waals surface area contributed by atoms with Crippen LogP contribution in [0.5, 0.6) is 0 Å². The number of hydrogen-bond donors (Lipinski definition) is 16. The van der Waals surface area contributed by atoms with Gasteiger partial charge in [0.2, 0.25) is 6.29 Å². The maximum Gasteiger partial charge on any atom is 0.319 e. The third kappa shape index (κ3) is 11.1. The third-order valence-electron chi connectivity index (χ3n) is 23.4. The Labute approximate surface area is 510 Å². The lowest BCUT2D eigenvalue weighted by Gasteiger charge is -2.71. The molecule has 5 saturated heterocycles. The van der Waals surface area contributed by atoms with Gasteiger partial charge in [0, 0.05) is 11.0 Å². The van der Waals surface area contributed by atoms with Crippen LogP contribution in [0.25, 0.3) is 0 Å². The summed E-state index contributed by atoms with van der Waals surface area (Å²) in [6, 6.07) is 0. The maximum atomic E-state index is 15.1. The van der Waals surface area contributed by atoms with Crippen molar-refractivity contribution in [2.24, 2.45) is 44.3 Å². The van der Waals surface area contributed by atoms with Gasteiger partial charge in [0.05, 0.1) is 44.1 Å². The molecule has 0 aromatic carbocycles. The number of fused-ring (bicyclic) bond motifs is 6. The van der Waals surface area contributed by atoms with Gasteiger partial charge in [-0.15, -0.1) is 0 Å². The minimum Gasteiger partial charge on any atom is -0.432 e. The van der Waals surface area contributed by atoms with E-state index >= 15 is 4.79 Å². The molecule has 0 aromatic heterocycles. The van der Waals surface area contributed by atoms with E-state index in [-0.39, 0.29) is 35.9 Å². The van der Waals surface area contributed by atoms with Gasteiger partial charge in [0.1, 0.15) is 116 Å². The fraction of sp³-hybridized carbons (Fsp3) is 0.933. The van der Waals surface area contributed by atoms with E-state index in [0.29, 0.717) is 56.9 Å². The van der Waals surface area contributed by atoms with Crippen LogP contribution in [-0.2, 0) is 57.0 Å². The zero-order chi connectivity index (χ0) is 64.4. The van der Waals surface area contributed by atoms with E-state index < -0.39 is 219 Å². The lowest BCUT2D eigenvalue weighted by molar-refractivity contribution is -0.409. The monoisotopic (exact) mass is 1260 g/mol. The van der Waals surface area contributed by atoms with E-state index in [2.05, 4.69) is 34.6 Å². The fourth-order valence-corrected chi connectivity index (χ4v) is 17.7. The highest BCUT2D eigenvalue weighted by Crippen LogP contribution is 2.76. The number of carbonyl (C=O) groups is 2. The number of aliphatic hydroxyl groups is 16. The summed E-state index contributed by atoms with van der Waals surface area (Å²) < 4.78 is 61.4. The lowest BCUT2D eigenvalue weighted by Crippen LogP contribution is -2.69. The van der Waals surface area contributed by atoms with Crippen molar-refractivity contribution in [1.29, 1.82) is 0 Å². The number of rotatable bonds is 14. The third-order valence-corrected chi connectivity index (χ3v) is 23.4. The number of allylic oxidation sites excluding steroid dienone is 1. The van der Waals surface area contributed by atoms with Gasteiger partial charge in [-0.2, -0.15) is 0 Å². The summed E-state index contributed by atoms with van der Waals surface area (Å²) in [4.78, 5) is 30.0. The molecule has 0 spiro atoms. The van der Waals surface area contributed by atoms with Crippen LogP contribution in [0.15, 0.2) is 11.1 Å². The van der Waals surface area contributed by atoms with Crippen molar-refractivity contribution in [3.63, 3.8) is 0 Å². The molecule has 10 aliphatic rings. The second-order valence-electron chi connectivity index (χ2n) is 28.8. The first-order chi connectivity index (χ1) is 41.2. The number of Topliss-reactive ketones (excluding diaryl/α,β-unsaturated/α-hetero) is 1. The van der Waals surface area contributed by atoms with E-state index in [4.69, 9.17) is 47.4 Å². The summed E-state index contributed by atoms with van der Waals surface area (Å²) in [5, 5.41) is 173. The van der Waals surface area contributed by atoms with Crippen LogP contribution in [0, 0.1) is 44.3 Å². The van der Waals surface area contributed by atoms with Crippen molar-refractivity contribution in [2.75, 3.05) is 26.4 Å². The Morgan fingerprint density at radius 3 is 1.53 bits per heavy atom. The lowest BCUT2D eigenvalue weighted by atomic mass is 9.34. The molecule has 5 aliphatic carbocycles. The summed E-state index contributed by atoms with van der Waals surface area (Å²) in [5.74, 6) is -0.944. The highest BCUT2D eigenvalue weighted by Gasteiger charge is 2.70. The molecule has 5 heterocycles. The Bertz CT molecular complexity index is 2520. The van der Waals surface area contributed by atoms with Crippen LogP contribution in [0.3, 0.4) is 0 Å². The first kappa shape index (κ1) is 68.7. The van der Waals surface area contributed by atoms with E-state index in [9.17, 15) is 86.5 Å². The Balaban J connectivity index is 0.947. The topological polar surface area (TPSA) is 450 Å². The van der Waals surface area contributed by atoms with Gasteiger partial charge in [-0.05, 0) is 105 Å². The molecule has 10 rings (SSSR count). The largest absolute Gasteiger partial charge is 0.432 e. The average molecular weight is 1270 g/mol. The Morgan fingerprint density at radius 2 is 0.943 bits per heavy atom. The average Bonchev–Trinajstić information content (AvgIpc) is 0.676. The maximum absolute atomic E-state index is 15.1. The number of hydrogen-bond acceptors (Lipinski definition) is 28. The molecule has 0 aromatic rings. The van der Waals surface area contributed by atoms with Crippen molar-refractivity contribution in [3.8, 4) is 0 Å². The van der Waals surface area contributed by atoms with Crippen molar-refractivity contribution in [2.45, 2.75) is 279 Å². The zero-order valence-electron chi connectivity index (χ0n) is 51.1. The van der Waals surface area contributed by atoms with Crippen LogP contribution in [0.4, 0.5) is 0 Å². The van der Waals surface area contributed by atoms with E-state index in [0.717, 1.165) is 5.57 Å². The smallest absolute Gasteiger partial charge is 0.319 e. The van der Waals surface area contributed by atoms with Gasteiger partial charge in [-0.3, -0.25) is 9.59 Å². The molecule has 16 N–H and O–H groups in total. The molecule has 32 atom stereocenters. The second kappa shape index (κ2) is 25.2. The first-order valence-electron chi connectivity index (χ1n) is 31.2. The van der Waals surface area contributed by atoms with Crippen LogP contribution in [0.1, 0.15) is 120 Å². The molecular weight excluding hydrogens is 1170 g/mol. The summed E-state index contributed by atoms with van der Waals surface area (Å²) in [6.45, 7) is 12.8. The van der Waals surface area contributed by atoms with E-state index in [1.165, 1.54) is 6.92 Å². The number of carbonyl (C=O) groups excluding carboxylic acids is 2. The normalized spacial score (nSPS) is 52.8. The van der Waals surface area contributed by atoms with Crippen LogP contribution in [-0.4, -0.2) is 280 Å². The van der Waals surface area contributed by atoms with Gasteiger partial charge >= 0.3 is 5.97 Å². The van der Waals surface area contributed by atoms with Gasteiger partial charge in [-0.25, -0.2) is 0 Å². The molecule has 9 fully saturated rings. The SMILES string of the molecule is CC1OC(OC2C(OC3CCC4(C)C(CCC5(C)C4CCC4=C6C(=O)C(C)(C)CCC6(C(=O)OC6OC(CO)C(O)C(O)C6O)CCC45C)C3(C)C)OC(CO)C(O)C2OC2OC(CO)C(O)C(O)C2OC2OC(CO)C(O)C(O)C2O)C(O)C(O)C1O. The summed E-state index contributed by atoms with van der Waals surface area (Å²) in [6.07, 6.45) is -39.8. The molecule has 88 heavy (non-hydrogen) atoms.